The minimum Gasteiger partial charge on any atom is -0.347 e. The second-order valence-corrected chi connectivity index (χ2v) is 5.82. The Bertz CT molecular complexity index is 627. The standard InChI is InChI=1S/C12H10ClFN4S/c13-11-10-9(8(14)5-16-11)17-12(19-10)18-3-1-2-7(4-15)6-18/h5,7H,1-3,6H2/t7-/m0/s1. The van der Waals surface area contributed by atoms with E-state index < -0.39 is 5.82 Å². The number of fused-ring (bicyclic) bond motifs is 1. The molecule has 0 aliphatic carbocycles. The fourth-order valence-electron chi connectivity index (χ4n) is 2.24. The van der Waals surface area contributed by atoms with Crippen LogP contribution in [0.5, 0.6) is 0 Å². The lowest BCUT2D eigenvalue weighted by molar-refractivity contribution is 0.493. The first-order valence-electron chi connectivity index (χ1n) is 5.94. The molecule has 0 spiro atoms. The van der Waals surface area contributed by atoms with Crippen LogP contribution in [0.25, 0.3) is 10.2 Å². The predicted octanol–water partition coefficient (Wildman–Crippen LogP) is 3.22. The topological polar surface area (TPSA) is 52.8 Å². The second kappa shape index (κ2) is 4.91. The third-order valence-corrected chi connectivity index (χ3v) is 4.72. The molecular weight excluding hydrogens is 287 g/mol. The first-order valence-corrected chi connectivity index (χ1v) is 7.13. The van der Waals surface area contributed by atoms with Crippen LogP contribution in [0.1, 0.15) is 12.8 Å². The van der Waals surface area contributed by atoms with E-state index in [0.29, 0.717) is 16.4 Å². The first kappa shape index (κ1) is 12.6. The highest BCUT2D eigenvalue weighted by Gasteiger charge is 2.23. The lowest BCUT2D eigenvalue weighted by Crippen LogP contribution is -2.34. The van der Waals surface area contributed by atoms with E-state index in [2.05, 4.69) is 16.0 Å². The van der Waals surface area contributed by atoms with Crippen LogP contribution in [0.15, 0.2) is 6.20 Å². The minimum absolute atomic E-state index is 0.0132. The van der Waals surface area contributed by atoms with Crippen molar-refractivity contribution in [3.63, 3.8) is 0 Å². The maximum Gasteiger partial charge on any atom is 0.186 e. The highest BCUT2D eigenvalue weighted by Crippen LogP contribution is 2.35. The summed E-state index contributed by atoms with van der Waals surface area (Å²) in [5, 5.41) is 9.98. The van der Waals surface area contributed by atoms with Gasteiger partial charge in [0.05, 0.1) is 22.9 Å². The minimum atomic E-state index is -0.462. The largest absolute Gasteiger partial charge is 0.347 e. The van der Waals surface area contributed by atoms with E-state index in [0.717, 1.165) is 25.6 Å². The molecule has 1 aliphatic heterocycles. The number of hydrogen-bond donors (Lipinski definition) is 0. The van der Waals surface area contributed by atoms with Gasteiger partial charge in [0, 0.05) is 13.1 Å². The third-order valence-electron chi connectivity index (χ3n) is 3.20. The summed E-state index contributed by atoms with van der Waals surface area (Å²) >= 11 is 7.29. The fraction of sp³-hybridized carbons (Fsp3) is 0.417. The average Bonchev–Trinajstić information content (AvgIpc) is 2.89. The van der Waals surface area contributed by atoms with Gasteiger partial charge in [-0.3, -0.25) is 0 Å². The van der Waals surface area contributed by atoms with Crippen LogP contribution in [-0.4, -0.2) is 23.1 Å². The van der Waals surface area contributed by atoms with E-state index in [4.69, 9.17) is 16.9 Å². The number of rotatable bonds is 1. The summed E-state index contributed by atoms with van der Waals surface area (Å²) in [6.07, 6.45) is 2.94. The molecule has 1 aliphatic rings. The average molecular weight is 297 g/mol. The van der Waals surface area contributed by atoms with Gasteiger partial charge in [-0.2, -0.15) is 5.26 Å². The van der Waals surface area contributed by atoms with Crippen molar-refractivity contribution in [1.29, 1.82) is 5.26 Å². The van der Waals surface area contributed by atoms with E-state index in [1.54, 1.807) is 0 Å². The maximum absolute atomic E-state index is 13.6. The van der Waals surface area contributed by atoms with Gasteiger partial charge in [0.1, 0.15) is 10.7 Å². The van der Waals surface area contributed by atoms with Crippen molar-refractivity contribution in [1.82, 2.24) is 9.97 Å². The molecule has 0 N–H and O–H groups in total. The summed E-state index contributed by atoms with van der Waals surface area (Å²) in [6, 6.07) is 2.28. The molecule has 3 heterocycles. The van der Waals surface area contributed by atoms with Crippen molar-refractivity contribution in [2.75, 3.05) is 18.0 Å². The first-order chi connectivity index (χ1) is 9.19. The molecule has 2 aromatic rings. The zero-order chi connectivity index (χ0) is 13.4. The second-order valence-electron chi connectivity index (χ2n) is 4.49. The van der Waals surface area contributed by atoms with Crippen molar-refractivity contribution in [2.45, 2.75) is 12.8 Å². The van der Waals surface area contributed by atoms with Crippen LogP contribution in [0.4, 0.5) is 9.52 Å². The van der Waals surface area contributed by atoms with Gasteiger partial charge in [-0.1, -0.05) is 22.9 Å². The van der Waals surface area contributed by atoms with E-state index in [1.807, 2.05) is 4.90 Å². The number of halogens is 2. The number of hydrogen-bond acceptors (Lipinski definition) is 5. The lowest BCUT2D eigenvalue weighted by atomic mass is 10.0. The molecule has 19 heavy (non-hydrogen) atoms. The zero-order valence-corrected chi connectivity index (χ0v) is 11.5. The molecule has 3 rings (SSSR count). The van der Waals surface area contributed by atoms with Gasteiger partial charge in [0.2, 0.25) is 0 Å². The maximum atomic E-state index is 13.6. The van der Waals surface area contributed by atoms with E-state index in [-0.39, 0.29) is 16.6 Å². The summed E-state index contributed by atoms with van der Waals surface area (Å²) in [4.78, 5) is 10.1. The van der Waals surface area contributed by atoms with Crippen LogP contribution in [0.2, 0.25) is 5.15 Å². The van der Waals surface area contributed by atoms with E-state index in [1.165, 1.54) is 11.3 Å². The lowest BCUT2D eigenvalue weighted by Gasteiger charge is -2.28. The number of pyridine rings is 1. The van der Waals surface area contributed by atoms with Crippen LogP contribution in [-0.2, 0) is 0 Å². The third kappa shape index (κ3) is 2.24. The number of nitrogens with zero attached hydrogens (tertiary/aromatic N) is 4. The molecule has 2 aromatic heterocycles. The Morgan fingerprint density at radius 3 is 3.16 bits per heavy atom. The molecule has 0 unspecified atom stereocenters. The van der Waals surface area contributed by atoms with Crippen molar-refractivity contribution in [2.24, 2.45) is 5.92 Å². The quantitative estimate of drug-likeness (QED) is 0.758. The van der Waals surface area contributed by atoms with E-state index in [9.17, 15) is 4.39 Å². The van der Waals surface area contributed by atoms with Gasteiger partial charge in [-0.05, 0) is 12.8 Å². The van der Waals surface area contributed by atoms with Crippen LogP contribution in [0.3, 0.4) is 0 Å². The molecule has 4 nitrogen and oxygen atoms in total. The Morgan fingerprint density at radius 2 is 2.42 bits per heavy atom. The van der Waals surface area contributed by atoms with Gasteiger partial charge in [0.25, 0.3) is 0 Å². The molecule has 7 heteroatoms. The van der Waals surface area contributed by atoms with Gasteiger partial charge < -0.3 is 4.90 Å². The smallest absolute Gasteiger partial charge is 0.186 e. The summed E-state index contributed by atoms with van der Waals surface area (Å²) in [5.41, 5.74) is 0.263. The molecular formula is C12H10ClFN4S. The number of piperidine rings is 1. The van der Waals surface area contributed by atoms with Crippen molar-refractivity contribution in [3.8, 4) is 6.07 Å². The normalized spacial score (nSPS) is 19.6. The number of thiazole rings is 1. The number of aromatic nitrogens is 2. The summed E-state index contributed by atoms with van der Waals surface area (Å²) in [7, 11) is 0. The van der Waals surface area contributed by atoms with Gasteiger partial charge >= 0.3 is 0 Å². The summed E-state index contributed by atoms with van der Waals surface area (Å²) in [6.45, 7) is 1.48. The molecule has 0 bridgehead atoms. The molecule has 0 aromatic carbocycles. The molecule has 98 valence electrons. The number of anilines is 1. The van der Waals surface area contributed by atoms with Crippen LogP contribution < -0.4 is 4.90 Å². The van der Waals surface area contributed by atoms with Crippen LogP contribution >= 0.6 is 22.9 Å². The van der Waals surface area contributed by atoms with Gasteiger partial charge in [-0.25, -0.2) is 14.4 Å². The SMILES string of the molecule is N#C[C@@H]1CCCN(c2nc3c(F)cnc(Cl)c3s2)C1. The molecule has 1 fully saturated rings. The van der Waals surface area contributed by atoms with Crippen molar-refractivity contribution < 1.29 is 4.39 Å². The number of nitriles is 1. The highest BCUT2D eigenvalue weighted by molar-refractivity contribution is 7.22. The Kier molecular flexibility index (Phi) is 3.25. The Hall–Kier alpha value is -1.45. The Morgan fingerprint density at radius 1 is 1.58 bits per heavy atom. The van der Waals surface area contributed by atoms with E-state index >= 15 is 0 Å². The fourth-order valence-corrected chi connectivity index (χ4v) is 3.48. The highest BCUT2D eigenvalue weighted by atomic mass is 35.5. The molecule has 1 saturated heterocycles. The molecule has 0 radical (unpaired) electrons. The van der Waals surface area contributed by atoms with Crippen LogP contribution in [0, 0.1) is 23.1 Å². The zero-order valence-electron chi connectivity index (χ0n) is 9.94. The predicted molar refractivity (Wildman–Crippen MR) is 72.9 cm³/mol. The monoisotopic (exact) mass is 296 g/mol. The van der Waals surface area contributed by atoms with Gasteiger partial charge in [0.15, 0.2) is 10.9 Å². The van der Waals surface area contributed by atoms with Crippen molar-refractivity contribution >= 4 is 38.3 Å². The van der Waals surface area contributed by atoms with Crippen molar-refractivity contribution in [3.05, 3.63) is 17.2 Å². The Balaban J connectivity index is 2.00. The molecule has 0 saturated carbocycles. The summed E-state index contributed by atoms with van der Waals surface area (Å²) in [5.74, 6) is -0.449. The summed E-state index contributed by atoms with van der Waals surface area (Å²) < 4.78 is 14.2. The Labute approximate surface area is 118 Å². The molecule has 1 atom stereocenters. The molecule has 0 amide bonds. The van der Waals surface area contributed by atoms with Gasteiger partial charge in [-0.15, -0.1) is 0 Å².